The average Bonchev–Trinajstić information content (AvgIpc) is 3.60. The van der Waals surface area contributed by atoms with Gasteiger partial charge >= 0.3 is 5.97 Å². The van der Waals surface area contributed by atoms with E-state index in [1.54, 1.807) is 43.3 Å². The van der Waals surface area contributed by atoms with E-state index in [0.717, 1.165) is 6.42 Å². The highest BCUT2D eigenvalue weighted by Crippen LogP contribution is 2.53. The van der Waals surface area contributed by atoms with Crippen LogP contribution < -0.4 is 14.5 Å². The Morgan fingerprint density at radius 3 is 2.33 bits per heavy atom. The number of carbonyl (C=O) groups is 4. The lowest BCUT2D eigenvalue weighted by Gasteiger charge is -2.20. The Balaban J connectivity index is 1.16. The second-order valence-corrected chi connectivity index (χ2v) is 10.6. The third kappa shape index (κ3) is 3.48. The van der Waals surface area contributed by atoms with Gasteiger partial charge in [0.15, 0.2) is 0 Å². The first-order valence-corrected chi connectivity index (χ1v) is 12.6. The van der Waals surface area contributed by atoms with Crippen LogP contribution in [0.4, 0.5) is 11.4 Å². The number of hydrogen-bond acceptors (Lipinski definition) is 5. The highest BCUT2D eigenvalue weighted by atomic mass is 35.5. The number of hydrogen-bond donors (Lipinski definition) is 0. The van der Waals surface area contributed by atoms with E-state index in [2.05, 4.69) is 12.2 Å². The first kappa shape index (κ1) is 23.3. The van der Waals surface area contributed by atoms with Gasteiger partial charge in [0.25, 0.3) is 0 Å². The lowest BCUT2D eigenvalue weighted by molar-refractivity contribution is -0.139. The predicted molar refractivity (Wildman–Crippen MR) is 134 cm³/mol. The molecule has 6 rings (SSSR count). The van der Waals surface area contributed by atoms with E-state index in [1.165, 1.54) is 9.80 Å². The number of imide groups is 1. The van der Waals surface area contributed by atoms with Crippen molar-refractivity contribution in [2.45, 2.75) is 19.8 Å². The number of aryl methyl sites for hydroxylation is 1. The van der Waals surface area contributed by atoms with Gasteiger partial charge in [0.05, 0.1) is 39.2 Å². The Hall–Kier alpha value is -3.16. The molecule has 1 saturated carbocycles. The fourth-order valence-corrected chi connectivity index (χ4v) is 6.48. The molecular formula is C27H22Cl2N2O5. The van der Waals surface area contributed by atoms with E-state index < -0.39 is 11.9 Å². The van der Waals surface area contributed by atoms with Crippen molar-refractivity contribution in [2.24, 2.45) is 29.6 Å². The lowest BCUT2D eigenvalue weighted by Crippen LogP contribution is -2.33. The van der Waals surface area contributed by atoms with Crippen LogP contribution in [0.15, 0.2) is 48.6 Å². The normalized spacial score (nSPS) is 28.4. The van der Waals surface area contributed by atoms with Crippen LogP contribution in [0.3, 0.4) is 0 Å². The molecule has 2 aromatic rings. The summed E-state index contributed by atoms with van der Waals surface area (Å²) in [7, 11) is 0. The van der Waals surface area contributed by atoms with Gasteiger partial charge in [-0.2, -0.15) is 0 Å². The van der Waals surface area contributed by atoms with Crippen molar-refractivity contribution in [3.05, 3.63) is 64.2 Å². The van der Waals surface area contributed by atoms with Gasteiger partial charge in [-0.15, -0.1) is 0 Å². The summed E-state index contributed by atoms with van der Waals surface area (Å²) in [6.07, 6.45) is 4.99. The van der Waals surface area contributed by atoms with Gasteiger partial charge in [0, 0.05) is 13.0 Å². The molecule has 3 fully saturated rings. The zero-order valence-corrected chi connectivity index (χ0v) is 20.8. The van der Waals surface area contributed by atoms with Crippen molar-refractivity contribution in [3.8, 4) is 5.75 Å². The molecule has 4 aliphatic rings. The number of carbonyl (C=O) groups excluding carboxylic acids is 4. The van der Waals surface area contributed by atoms with Gasteiger partial charge in [-0.05, 0) is 61.1 Å². The molecule has 2 aliphatic heterocycles. The first-order valence-electron chi connectivity index (χ1n) is 11.9. The number of benzene rings is 2. The highest BCUT2D eigenvalue weighted by Gasteiger charge is 2.59. The molecule has 184 valence electrons. The quantitative estimate of drug-likeness (QED) is 0.253. The smallest absolute Gasteiger partial charge is 0.316 e. The van der Waals surface area contributed by atoms with E-state index in [9.17, 15) is 19.2 Å². The number of nitrogens with zero attached hydrogens (tertiary/aromatic N) is 2. The van der Waals surface area contributed by atoms with Crippen molar-refractivity contribution >= 4 is 58.3 Å². The Bertz CT molecular complexity index is 1340. The van der Waals surface area contributed by atoms with Crippen LogP contribution in [0.1, 0.15) is 18.4 Å². The summed E-state index contributed by atoms with van der Waals surface area (Å²) < 4.78 is 5.58. The molecule has 7 nitrogen and oxygen atoms in total. The molecule has 5 atom stereocenters. The summed E-state index contributed by atoms with van der Waals surface area (Å²) in [6.45, 7) is 1.90. The third-order valence-electron chi connectivity index (χ3n) is 7.78. The Kier molecular flexibility index (Phi) is 5.46. The molecule has 0 radical (unpaired) electrons. The largest absolute Gasteiger partial charge is 0.426 e. The van der Waals surface area contributed by atoms with Crippen molar-refractivity contribution in [2.75, 3.05) is 16.3 Å². The monoisotopic (exact) mass is 524 g/mol. The van der Waals surface area contributed by atoms with Gasteiger partial charge < -0.3 is 9.64 Å². The number of allylic oxidation sites excluding steroid dienone is 2. The minimum Gasteiger partial charge on any atom is -0.426 e. The summed E-state index contributed by atoms with van der Waals surface area (Å²) in [5, 5.41) is 0.581. The Morgan fingerprint density at radius 2 is 1.67 bits per heavy atom. The zero-order valence-electron chi connectivity index (χ0n) is 19.3. The molecule has 0 aromatic heterocycles. The molecule has 9 heteroatoms. The van der Waals surface area contributed by atoms with Crippen LogP contribution in [0.5, 0.6) is 5.75 Å². The molecule has 0 N–H and O–H groups in total. The van der Waals surface area contributed by atoms with Crippen molar-refractivity contribution in [1.29, 1.82) is 0 Å². The van der Waals surface area contributed by atoms with Gasteiger partial charge in [0.2, 0.25) is 17.7 Å². The Morgan fingerprint density at radius 1 is 0.972 bits per heavy atom. The molecule has 36 heavy (non-hydrogen) atoms. The summed E-state index contributed by atoms with van der Waals surface area (Å²) in [6, 6.07) is 9.85. The second kappa shape index (κ2) is 8.46. The summed E-state index contributed by atoms with van der Waals surface area (Å²) in [5.74, 6) is -1.76. The van der Waals surface area contributed by atoms with E-state index in [0.29, 0.717) is 22.0 Å². The fraction of sp³-hybridized carbons (Fsp3) is 0.333. The number of esters is 1. The second-order valence-electron chi connectivity index (χ2n) is 9.86. The van der Waals surface area contributed by atoms with E-state index in [1.807, 2.05) is 0 Å². The molecule has 0 unspecified atom stereocenters. The number of amides is 3. The molecule has 2 heterocycles. The van der Waals surface area contributed by atoms with E-state index in [4.69, 9.17) is 27.9 Å². The maximum Gasteiger partial charge on any atom is 0.316 e. The summed E-state index contributed by atoms with van der Waals surface area (Å²) >= 11 is 12.3. The molecule has 2 aromatic carbocycles. The van der Waals surface area contributed by atoms with Gasteiger partial charge in [0.1, 0.15) is 5.75 Å². The summed E-state index contributed by atoms with van der Waals surface area (Å²) in [4.78, 5) is 54.5. The van der Waals surface area contributed by atoms with Crippen molar-refractivity contribution in [1.82, 2.24) is 0 Å². The first-order chi connectivity index (χ1) is 17.2. The number of anilines is 2. The molecule has 2 bridgehead atoms. The lowest BCUT2D eigenvalue weighted by atomic mass is 9.85. The predicted octanol–water partition coefficient (Wildman–Crippen LogP) is 4.57. The molecular weight excluding hydrogens is 503 g/mol. The number of fused-ring (bicyclic) bond motifs is 5. The standard InChI is InChI=1S/C27H22Cl2N2O5/c1-13-9-17(7-8-19(13)31-25(33)22-14-5-6-15(10-14)23(22)26(31)34)36-27(35)16-11-21(32)30(12-16)20-4-2-3-18(28)24(20)29/h2-9,14-16,22-23H,10-12H2,1H3/t14-,15-,16+,22+,23+/m0/s1. The maximum absolute atomic E-state index is 13.1. The average molecular weight is 525 g/mol. The third-order valence-corrected chi connectivity index (χ3v) is 8.59. The van der Waals surface area contributed by atoms with Gasteiger partial charge in [-0.1, -0.05) is 41.4 Å². The minimum atomic E-state index is -0.670. The fourth-order valence-electron chi connectivity index (χ4n) is 6.08. The van der Waals surface area contributed by atoms with Crippen molar-refractivity contribution in [3.63, 3.8) is 0 Å². The van der Waals surface area contributed by atoms with Crippen LogP contribution in [0, 0.1) is 36.5 Å². The number of ether oxygens (including phenoxy) is 1. The molecule has 3 amide bonds. The summed E-state index contributed by atoms with van der Waals surface area (Å²) in [5.41, 5.74) is 1.62. The van der Waals surface area contributed by atoms with Crippen LogP contribution >= 0.6 is 23.2 Å². The van der Waals surface area contributed by atoms with E-state index in [-0.39, 0.29) is 65.1 Å². The van der Waals surface area contributed by atoms with Crippen LogP contribution in [-0.4, -0.2) is 30.2 Å². The van der Waals surface area contributed by atoms with Gasteiger partial charge in [-0.3, -0.25) is 19.2 Å². The van der Waals surface area contributed by atoms with Crippen LogP contribution in [-0.2, 0) is 19.2 Å². The van der Waals surface area contributed by atoms with Gasteiger partial charge in [-0.25, -0.2) is 4.90 Å². The van der Waals surface area contributed by atoms with Crippen LogP contribution in [0.2, 0.25) is 10.0 Å². The topological polar surface area (TPSA) is 84.0 Å². The number of halogens is 2. The molecule has 2 aliphatic carbocycles. The van der Waals surface area contributed by atoms with Crippen molar-refractivity contribution < 1.29 is 23.9 Å². The molecule has 0 spiro atoms. The molecule has 2 saturated heterocycles. The SMILES string of the molecule is Cc1cc(OC(=O)[C@@H]2CC(=O)N(c3cccc(Cl)c3Cl)C2)ccc1N1C(=O)[C@H]2[C@H](C1=O)[C@H]1C=C[C@H]2C1. The maximum atomic E-state index is 13.1. The van der Waals surface area contributed by atoms with Crippen LogP contribution in [0.25, 0.3) is 0 Å². The van der Waals surface area contributed by atoms with E-state index >= 15 is 0 Å². The number of rotatable bonds is 4. The zero-order chi connectivity index (χ0) is 25.3. The minimum absolute atomic E-state index is 0.00529. The highest BCUT2D eigenvalue weighted by molar-refractivity contribution is 6.44. The Labute approximate surface area is 217 Å².